The number of ketones is 2. The molecule has 0 amide bonds. The van der Waals surface area contributed by atoms with Gasteiger partial charge in [-0.25, -0.2) is 0 Å². The molecule has 7 rings (SSSR count). The van der Waals surface area contributed by atoms with Gasteiger partial charge < -0.3 is 4.90 Å². The number of Topliss-reactive ketones (excluding diaryl/α,β-unsaturated/α-hetero) is 2. The minimum Gasteiger partial charge on any atom is -0.363 e. The second-order valence-electron chi connectivity index (χ2n) is 11.4. The van der Waals surface area contributed by atoms with Crippen LogP contribution in [0.25, 0.3) is 21.5 Å². The summed E-state index contributed by atoms with van der Waals surface area (Å²) in [6.07, 6.45) is 0.801. The first kappa shape index (κ1) is 26.5. The molecular formula is C33H31NO2S3. The Balaban J connectivity index is 1.55. The summed E-state index contributed by atoms with van der Waals surface area (Å²) in [7, 11) is 3.91. The quantitative estimate of drug-likeness (QED) is 0.105. The summed E-state index contributed by atoms with van der Waals surface area (Å²) in [4.78, 5) is 32.9. The number of thiocarbonyl (C=S) groups is 1. The van der Waals surface area contributed by atoms with Gasteiger partial charge in [-0.05, 0) is 51.4 Å². The Morgan fingerprint density at radius 3 is 1.95 bits per heavy atom. The maximum absolute atomic E-state index is 14.9. The van der Waals surface area contributed by atoms with Gasteiger partial charge in [0, 0.05) is 41.3 Å². The Hall–Kier alpha value is -2.67. The molecule has 0 saturated heterocycles. The molecule has 2 bridgehead atoms. The van der Waals surface area contributed by atoms with Crippen molar-refractivity contribution in [3.8, 4) is 0 Å². The van der Waals surface area contributed by atoms with Crippen molar-refractivity contribution in [3.63, 3.8) is 0 Å². The number of carbonyl (C=O) groups is 2. The molecule has 2 unspecified atom stereocenters. The van der Waals surface area contributed by atoms with E-state index in [1.54, 1.807) is 23.5 Å². The van der Waals surface area contributed by atoms with Gasteiger partial charge in [-0.1, -0.05) is 105 Å². The van der Waals surface area contributed by atoms with Gasteiger partial charge in [-0.2, -0.15) is 0 Å². The van der Waals surface area contributed by atoms with E-state index in [0.717, 1.165) is 47.6 Å². The first-order valence-corrected chi connectivity index (χ1v) is 15.4. The van der Waals surface area contributed by atoms with Crippen LogP contribution in [0.1, 0.15) is 30.6 Å². The van der Waals surface area contributed by atoms with Crippen LogP contribution in [-0.2, 0) is 4.79 Å². The van der Waals surface area contributed by atoms with E-state index in [2.05, 4.69) is 38.1 Å². The highest BCUT2D eigenvalue weighted by molar-refractivity contribution is 8.23. The average molecular weight is 570 g/mol. The SMILES string of the molecule is CN(C)C(=S)Sc1c2ccccc2c(C(=O)C2C(Sc3ccccc3)C(=O)[C@H]3C[C@@H]2C3(C)C)c2ccccc12. The summed E-state index contributed by atoms with van der Waals surface area (Å²) >= 11 is 8.82. The second-order valence-corrected chi connectivity index (χ2v) is 14.3. The minimum atomic E-state index is -0.385. The summed E-state index contributed by atoms with van der Waals surface area (Å²) in [5.74, 6) is 0.128. The Morgan fingerprint density at radius 1 is 0.872 bits per heavy atom. The normalized spacial score (nSPS) is 23.4. The van der Waals surface area contributed by atoms with Crippen molar-refractivity contribution < 1.29 is 9.59 Å². The number of fused-ring (bicyclic) bond motifs is 4. The fourth-order valence-corrected chi connectivity index (χ4v) is 9.08. The lowest BCUT2D eigenvalue weighted by molar-refractivity contribution is -0.153. The molecule has 0 heterocycles. The molecule has 39 heavy (non-hydrogen) atoms. The lowest BCUT2D eigenvalue weighted by Gasteiger charge is -2.60. The van der Waals surface area contributed by atoms with Crippen LogP contribution >= 0.6 is 35.7 Å². The summed E-state index contributed by atoms with van der Waals surface area (Å²) in [6, 6.07) is 26.4. The van der Waals surface area contributed by atoms with E-state index >= 15 is 0 Å². The number of benzene rings is 4. The van der Waals surface area contributed by atoms with Gasteiger partial charge in [-0.3, -0.25) is 9.59 Å². The van der Waals surface area contributed by atoms with Crippen LogP contribution in [0.3, 0.4) is 0 Å². The Kier molecular flexibility index (Phi) is 6.85. The van der Waals surface area contributed by atoms with Crippen LogP contribution < -0.4 is 0 Å². The molecule has 3 saturated carbocycles. The number of rotatable bonds is 5. The van der Waals surface area contributed by atoms with Crippen LogP contribution in [-0.4, -0.2) is 40.1 Å². The zero-order valence-corrected chi connectivity index (χ0v) is 25.0. The van der Waals surface area contributed by atoms with Crippen LogP contribution in [0.5, 0.6) is 0 Å². The van der Waals surface area contributed by atoms with E-state index in [-0.39, 0.29) is 40.0 Å². The lowest BCUT2D eigenvalue weighted by Crippen LogP contribution is -2.63. The summed E-state index contributed by atoms with van der Waals surface area (Å²) in [5, 5.41) is 3.52. The molecule has 0 aromatic heterocycles. The molecule has 0 spiro atoms. The number of nitrogens with zero attached hydrogens (tertiary/aromatic N) is 1. The average Bonchev–Trinajstić information content (AvgIpc) is 2.93. The molecule has 6 heteroatoms. The van der Waals surface area contributed by atoms with E-state index in [0.29, 0.717) is 0 Å². The van der Waals surface area contributed by atoms with Crippen molar-refractivity contribution in [2.24, 2.45) is 23.2 Å². The van der Waals surface area contributed by atoms with E-state index in [1.807, 2.05) is 73.6 Å². The molecule has 0 N–H and O–H groups in total. The summed E-state index contributed by atoms with van der Waals surface area (Å²) in [6.45, 7) is 4.34. The first-order chi connectivity index (χ1) is 18.7. The molecular weight excluding hydrogens is 539 g/mol. The molecule has 3 fully saturated rings. The van der Waals surface area contributed by atoms with Gasteiger partial charge in [0.05, 0.1) is 5.25 Å². The van der Waals surface area contributed by atoms with Gasteiger partial charge in [0.2, 0.25) is 0 Å². The smallest absolute Gasteiger partial charge is 0.169 e. The van der Waals surface area contributed by atoms with Crippen LogP contribution in [0.2, 0.25) is 0 Å². The highest BCUT2D eigenvalue weighted by Gasteiger charge is 2.64. The van der Waals surface area contributed by atoms with Gasteiger partial charge in [0.1, 0.15) is 4.32 Å². The highest BCUT2D eigenvalue weighted by Crippen LogP contribution is 2.63. The predicted molar refractivity (Wildman–Crippen MR) is 168 cm³/mol. The van der Waals surface area contributed by atoms with Gasteiger partial charge in [0.25, 0.3) is 0 Å². The zero-order chi connectivity index (χ0) is 27.5. The lowest BCUT2D eigenvalue weighted by atomic mass is 9.44. The Labute approximate surface area is 243 Å². The number of carbonyl (C=O) groups excluding carboxylic acids is 2. The third-order valence-corrected chi connectivity index (χ3v) is 11.8. The Bertz CT molecular complexity index is 1570. The summed E-state index contributed by atoms with van der Waals surface area (Å²) < 4.78 is 0.767. The first-order valence-electron chi connectivity index (χ1n) is 13.3. The Morgan fingerprint density at radius 2 is 1.41 bits per heavy atom. The largest absolute Gasteiger partial charge is 0.363 e. The number of hydrogen-bond acceptors (Lipinski definition) is 5. The fraction of sp³-hybridized carbons (Fsp3) is 0.303. The fourth-order valence-electron chi connectivity index (χ4n) is 6.54. The second kappa shape index (κ2) is 10.1. The molecule has 3 nitrogen and oxygen atoms in total. The molecule has 4 atom stereocenters. The molecule has 198 valence electrons. The molecule has 0 radical (unpaired) electrons. The third-order valence-electron chi connectivity index (χ3n) is 8.72. The minimum absolute atomic E-state index is 0.0204. The molecule has 3 aliphatic carbocycles. The van der Waals surface area contributed by atoms with E-state index in [4.69, 9.17) is 12.2 Å². The number of thioether (sulfide) groups is 2. The van der Waals surface area contributed by atoms with Crippen LogP contribution in [0, 0.1) is 23.2 Å². The molecule has 0 aliphatic heterocycles. The molecule has 3 aliphatic rings. The zero-order valence-electron chi connectivity index (χ0n) is 22.5. The van der Waals surface area contributed by atoms with Gasteiger partial charge >= 0.3 is 0 Å². The van der Waals surface area contributed by atoms with Crippen molar-refractivity contribution in [1.29, 1.82) is 0 Å². The third kappa shape index (κ3) is 4.32. The van der Waals surface area contributed by atoms with E-state index < -0.39 is 0 Å². The topological polar surface area (TPSA) is 37.4 Å². The van der Waals surface area contributed by atoms with Crippen LogP contribution in [0.4, 0.5) is 0 Å². The van der Waals surface area contributed by atoms with Gasteiger partial charge in [0.15, 0.2) is 11.6 Å². The van der Waals surface area contributed by atoms with Crippen molar-refractivity contribution in [3.05, 3.63) is 84.4 Å². The maximum atomic E-state index is 14.9. The monoisotopic (exact) mass is 569 g/mol. The summed E-state index contributed by atoms with van der Waals surface area (Å²) in [5.41, 5.74) is 0.559. The van der Waals surface area contributed by atoms with Crippen molar-refractivity contribution in [2.45, 2.75) is 35.3 Å². The van der Waals surface area contributed by atoms with Gasteiger partial charge in [-0.15, -0.1) is 11.8 Å². The van der Waals surface area contributed by atoms with Crippen LogP contribution in [0.15, 0.2) is 88.7 Å². The number of hydrogen-bond donors (Lipinski definition) is 0. The van der Waals surface area contributed by atoms with Crippen molar-refractivity contribution in [1.82, 2.24) is 4.90 Å². The maximum Gasteiger partial charge on any atom is 0.169 e. The van der Waals surface area contributed by atoms with Crippen molar-refractivity contribution in [2.75, 3.05) is 14.1 Å². The molecule has 4 aromatic carbocycles. The highest BCUT2D eigenvalue weighted by atomic mass is 32.2. The van der Waals surface area contributed by atoms with Crippen molar-refractivity contribution >= 4 is 73.2 Å². The predicted octanol–water partition coefficient (Wildman–Crippen LogP) is 8.14. The standard InChI is InChI=1S/C33H31NO2S3/c1-33(2)24-18-25(33)28(35)31(38-19-12-6-5-7-13-19)27(24)29(36)26-20-14-8-10-16-22(20)30(39-32(37)34(3)4)23-17-11-9-15-21(23)26/h5-17,24-25,27,31H,18H2,1-4H3/t24-,25+,27?,31?/m0/s1. The van der Waals surface area contributed by atoms with E-state index in [1.165, 1.54) is 0 Å². The molecule has 4 aromatic rings. The van der Waals surface area contributed by atoms with E-state index in [9.17, 15) is 9.59 Å².